The molecule has 0 radical (unpaired) electrons. The van der Waals surface area contributed by atoms with Crippen LogP contribution in [0.25, 0.3) is 0 Å². The first-order chi connectivity index (χ1) is 17.4. The van der Waals surface area contributed by atoms with Crippen LogP contribution in [0.2, 0.25) is 0 Å². The molecule has 0 aliphatic carbocycles. The van der Waals surface area contributed by atoms with Crippen LogP contribution in [0, 0.1) is 6.92 Å². The fourth-order valence-corrected chi connectivity index (χ4v) is 4.00. The molecule has 8 nitrogen and oxygen atoms in total. The number of carbonyl (C=O) groups excluding carboxylic acids is 1. The number of nitrogens with one attached hydrogen (secondary N) is 1. The number of carbonyl (C=O) groups is 1. The third-order valence-electron chi connectivity index (χ3n) is 5.69. The number of hydrogen-bond donors (Lipinski definition) is 2. The van der Waals surface area contributed by atoms with E-state index in [1.165, 1.54) is 6.07 Å². The summed E-state index contributed by atoms with van der Waals surface area (Å²) in [5, 5.41) is 13.4. The molecule has 8 heteroatoms. The lowest BCUT2D eigenvalue weighted by Gasteiger charge is -2.18. The Balaban J connectivity index is 1.74. The van der Waals surface area contributed by atoms with Crippen LogP contribution in [-0.4, -0.2) is 37.9 Å². The zero-order valence-electron chi connectivity index (χ0n) is 21.1. The molecule has 0 aliphatic rings. The van der Waals surface area contributed by atoms with Gasteiger partial charge in [-0.3, -0.25) is 4.79 Å². The van der Waals surface area contributed by atoms with Gasteiger partial charge in [0.25, 0.3) is 0 Å². The Morgan fingerprint density at radius 3 is 2.36 bits per heavy atom. The quantitative estimate of drug-likeness (QED) is 0.385. The van der Waals surface area contributed by atoms with Gasteiger partial charge in [0.1, 0.15) is 17.3 Å². The van der Waals surface area contributed by atoms with Crippen molar-refractivity contribution in [2.75, 3.05) is 26.9 Å². The molecule has 192 valence electrons. The van der Waals surface area contributed by atoms with Crippen LogP contribution in [0.4, 0.5) is 0 Å². The largest absolute Gasteiger partial charge is 0.507 e. The van der Waals surface area contributed by atoms with Crippen LogP contribution < -0.4 is 25.2 Å². The van der Waals surface area contributed by atoms with Gasteiger partial charge >= 0.3 is 5.63 Å². The Morgan fingerprint density at radius 1 is 1.03 bits per heavy atom. The summed E-state index contributed by atoms with van der Waals surface area (Å²) < 4.78 is 21.7. The fourth-order valence-electron chi connectivity index (χ4n) is 4.00. The number of benzene rings is 2. The first-order valence-corrected chi connectivity index (χ1v) is 12.0. The van der Waals surface area contributed by atoms with E-state index >= 15 is 0 Å². The van der Waals surface area contributed by atoms with Crippen LogP contribution in [0.5, 0.6) is 23.0 Å². The highest BCUT2D eigenvalue weighted by molar-refractivity contribution is 5.77. The smallest absolute Gasteiger partial charge is 0.343 e. The average Bonchev–Trinajstić information content (AvgIpc) is 2.84. The normalized spacial score (nSPS) is 11.6. The molecule has 0 saturated carbocycles. The Bertz CT molecular complexity index is 1220. The maximum atomic E-state index is 12.9. The highest BCUT2D eigenvalue weighted by Gasteiger charge is 2.26. The molecule has 2 N–H and O–H groups in total. The van der Waals surface area contributed by atoms with Crippen molar-refractivity contribution >= 4 is 5.91 Å². The van der Waals surface area contributed by atoms with Crippen molar-refractivity contribution in [1.82, 2.24) is 5.32 Å². The number of methoxy groups -OCH3 is 1. The van der Waals surface area contributed by atoms with Crippen LogP contribution in [0.15, 0.2) is 57.7 Å². The predicted octanol–water partition coefficient (Wildman–Crippen LogP) is 4.34. The second-order valence-electron chi connectivity index (χ2n) is 8.22. The van der Waals surface area contributed by atoms with E-state index < -0.39 is 11.5 Å². The molecular formula is C28H33NO7. The average molecular weight is 496 g/mol. The van der Waals surface area contributed by atoms with Crippen molar-refractivity contribution in [1.29, 1.82) is 0 Å². The van der Waals surface area contributed by atoms with Crippen molar-refractivity contribution < 1.29 is 28.5 Å². The number of hydrogen-bond acceptors (Lipinski definition) is 7. The van der Waals surface area contributed by atoms with Crippen molar-refractivity contribution in [2.45, 2.75) is 39.5 Å². The van der Waals surface area contributed by atoms with E-state index in [0.717, 1.165) is 5.56 Å². The first kappa shape index (κ1) is 26.7. The fraction of sp³-hybridized carbons (Fsp3) is 0.357. The lowest BCUT2D eigenvalue weighted by molar-refractivity contribution is -0.121. The maximum absolute atomic E-state index is 12.9. The highest BCUT2D eigenvalue weighted by Crippen LogP contribution is 2.33. The summed E-state index contributed by atoms with van der Waals surface area (Å²) >= 11 is 0. The van der Waals surface area contributed by atoms with Gasteiger partial charge in [0, 0.05) is 24.9 Å². The van der Waals surface area contributed by atoms with E-state index in [9.17, 15) is 14.7 Å². The van der Waals surface area contributed by atoms with Gasteiger partial charge in [-0.15, -0.1) is 0 Å². The van der Waals surface area contributed by atoms with Crippen molar-refractivity contribution in [3.05, 3.63) is 81.4 Å². The molecule has 0 bridgehead atoms. The second kappa shape index (κ2) is 12.7. The van der Waals surface area contributed by atoms with Crippen LogP contribution in [0.3, 0.4) is 0 Å². The molecule has 0 spiro atoms. The standard InChI is InChI=1S/C28H33NO7/c1-5-34-24-12-7-19(16-25(24)35-6-2)13-14-29-26(31)17-22(20-8-10-21(33-4)11-9-20)27-23(30)15-18(3)36-28(27)32/h7-12,15-16,22,30H,5-6,13-14,17H2,1-4H3,(H,29,31)/t22-/m1/s1. The van der Waals surface area contributed by atoms with Gasteiger partial charge in [0.2, 0.25) is 5.91 Å². The van der Waals surface area contributed by atoms with Crippen LogP contribution >= 0.6 is 0 Å². The lowest BCUT2D eigenvalue weighted by Crippen LogP contribution is -2.28. The van der Waals surface area contributed by atoms with Gasteiger partial charge in [-0.25, -0.2) is 4.79 Å². The van der Waals surface area contributed by atoms with E-state index in [1.54, 1.807) is 38.3 Å². The summed E-state index contributed by atoms with van der Waals surface area (Å²) in [5.41, 5.74) is 1.06. The maximum Gasteiger partial charge on any atom is 0.343 e. The summed E-state index contributed by atoms with van der Waals surface area (Å²) in [7, 11) is 1.56. The molecule has 0 unspecified atom stereocenters. The number of aromatic hydroxyl groups is 1. The zero-order valence-corrected chi connectivity index (χ0v) is 21.1. The Labute approximate surface area is 210 Å². The summed E-state index contributed by atoms with van der Waals surface area (Å²) in [5.74, 6) is 1.14. The topological polar surface area (TPSA) is 107 Å². The Hall–Kier alpha value is -3.94. The third-order valence-corrected chi connectivity index (χ3v) is 5.69. The lowest BCUT2D eigenvalue weighted by atomic mass is 9.88. The van der Waals surface area contributed by atoms with Crippen LogP contribution in [-0.2, 0) is 11.2 Å². The van der Waals surface area contributed by atoms with Gasteiger partial charge in [0.15, 0.2) is 11.5 Å². The monoisotopic (exact) mass is 495 g/mol. The number of aryl methyl sites for hydroxylation is 1. The van der Waals surface area contributed by atoms with E-state index in [0.29, 0.717) is 54.8 Å². The van der Waals surface area contributed by atoms with Gasteiger partial charge < -0.3 is 29.1 Å². The molecular weight excluding hydrogens is 462 g/mol. The molecule has 36 heavy (non-hydrogen) atoms. The Kier molecular flexibility index (Phi) is 9.39. The molecule has 3 aromatic rings. The molecule has 0 aliphatic heterocycles. The molecule has 1 aromatic heterocycles. The van der Waals surface area contributed by atoms with Crippen LogP contribution in [0.1, 0.15) is 48.6 Å². The highest BCUT2D eigenvalue weighted by atomic mass is 16.5. The minimum absolute atomic E-state index is 0.0405. The summed E-state index contributed by atoms with van der Waals surface area (Å²) in [4.78, 5) is 25.6. The minimum Gasteiger partial charge on any atom is -0.507 e. The predicted molar refractivity (Wildman–Crippen MR) is 136 cm³/mol. The van der Waals surface area contributed by atoms with Gasteiger partial charge in [0.05, 0.1) is 25.9 Å². The second-order valence-corrected chi connectivity index (χ2v) is 8.22. The number of ether oxygens (including phenoxy) is 3. The van der Waals surface area contributed by atoms with Gasteiger partial charge in [-0.1, -0.05) is 18.2 Å². The SMILES string of the molecule is CCOc1ccc(CCNC(=O)C[C@H](c2ccc(OC)cc2)c2c(O)cc(C)oc2=O)cc1OCC. The van der Waals surface area contributed by atoms with E-state index in [-0.39, 0.29) is 23.6 Å². The number of amides is 1. The molecule has 0 saturated heterocycles. The minimum atomic E-state index is -0.692. The van der Waals surface area contributed by atoms with Crippen molar-refractivity contribution in [3.8, 4) is 23.0 Å². The molecule has 1 atom stereocenters. The summed E-state index contributed by atoms with van der Waals surface area (Å²) in [6.07, 6.45) is 0.546. The summed E-state index contributed by atoms with van der Waals surface area (Å²) in [6.45, 7) is 6.86. The number of rotatable bonds is 12. The molecule has 0 fully saturated rings. The third kappa shape index (κ3) is 6.81. The molecule has 3 rings (SSSR count). The van der Waals surface area contributed by atoms with E-state index in [1.807, 2.05) is 32.0 Å². The van der Waals surface area contributed by atoms with E-state index in [2.05, 4.69) is 5.32 Å². The summed E-state index contributed by atoms with van der Waals surface area (Å²) in [6, 6.07) is 14.1. The van der Waals surface area contributed by atoms with Crippen molar-refractivity contribution in [3.63, 3.8) is 0 Å². The van der Waals surface area contributed by atoms with Crippen molar-refractivity contribution in [2.24, 2.45) is 0 Å². The van der Waals surface area contributed by atoms with Gasteiger partial charge in [-0.05, 0) is 62.6 Å². The Morgan fingerprint density at radius 2 is 1.72 bits per heavy atom. The molecule has 1 heterocycles. The first-order valence-electron chi connectivity index (χ1n) is 12.0. The van der Waals surface area contributed by atoms with E-state index in [4.69, 9.17) is 18.6 Å². The molecule has 2 aromatic carbocycles. The zero-order chi connectivity index (χ0) is 26.1. The van der Waals surface area contributed by atoms with Gasteiger partial charge in [-0.2, -0.15) is 0 Å². The molecule has 1 amide bonds.